The molecule has 0 aliphatic carbocycles. The number of carboxylic acid groups (broad SMARTS) is 1. The summed E-state index contributed by atoms with van der Waals surface area (Å²) < 4.78 is 0. The van der Waals surface area contributed by atoms with Gasteiger partial charge in [-0.05, 0) is 37.1 Å². The largest absolute Gasteiger partial charge is 0.481 e. The number of halogens is 1. The normalized spacial score (nSPS) is 22.0. The number of benzene rings is 1. The average molecular weight is 351 g/mol. The summed E-state index contributed by atoms with van der Waals surface area (Å²) in [6.45, 7) is 1.25. The van der Waals surface area contributed by atoms with E-state index in [0.717, 1.165) is 5.69 Å². The number of likely N-dealkylation sites (tertiary alicyclic amines) is 1. The minimum absolute atomic E-state index is 0.0522. The molecule has 2 fully saturated rings. The van der Waals surface area contributed by atoms with Crippen LogP contribution in [0.1, 0.15) is 19.3 Å². The summed E-state index contributed by atoms with van der Waals surface area (Å²) >= 11 is 5.86. The van der Waals surface area contributed by atoms with Crippen molar-refractivity contribution in [1.29, 1.82) is 0 Å². The molecule has 2 aliphatic heterocycles. The summed E-state index contributed by atoms with van der Waals surface area (Å²) in [4.78, 5) is 39.2. The highest BCUT2D eigenvalue weighted by Crippen LogP contribution is 2.28. The van der Waals surface area contributed by atoms with Crippen LogP contribution in [-0.4, -0.2) is 47.4 Å². The molecule has 0 unspecified atom stereocenters. The van der Waals surface area contributed by atoms with Crippen LogP contribution in [0.25, 0.3) is 0 Å². The maximum Gasteiger partial charge on any atom is 0.306 e. The molecular formula is C17H19ClN2O4. The molecule has 1 aromatic carbocycles. The Labute approximate surface area is 145 Å². The lowest BCUT2D eigenvalue weighted by Crippen LogP contribution is -2.43. The molecule has 1 N–H and O–H groups in total. The molecule has 1 aromatic rings. The Balaban J connectivity index is 1.62. The number of carbonyl (C=O) groups excluding carboxylic acids is 2. The van der Waals surface area contributed by atoms with Gasteiger partial charge in [-0.2, -0.15) is 0 Å². The molecule has 2 heterocycles. The van der Waals surface area contributed by atoms with Gasteiger partial charge in [-0.15, -0.1) is 0 Å². The van der Waals surface area contributed by atoms with Crippen LogP contribution in [-0.2, 0) is 14.4 Å². The highest BCUT2D eigenvalue weighted by Gasteiger charge is 2.38. The Hall–Kier alpha value is -2.08. The van der Waals surface area contributed by atoms with Crippen LogP contribution in [0.15, 0.2) is 24.3 Å². The molecule has 128 valence electrons. The first-order valence-corrected chi connectivity index (χ1v) is 8.41. The number of hydrogen-bond acceptors (Lipinski definition) is 3. The molecule has 0 saturated carbocycles. The summed E-state index contributed by atoms with van der Waals surface area (Å²) in [5, 5.41) is 9.62. The third-order valence-electron chi connectivity index (χ3n) is 4.77. The second-order valence-corrected chi connectivity index (χ2v) is 6.76. The molecule has 0 bridgehead atoms. The van der Waals surface area contributed by atoms with Crippen LogP contribution in [0.2, 0.25) is 5.02 Å². The number of rotatable bonds is 3. The van der Waals surface area contributed by atoms with Crippen LogP contribution < -0.4 is 4.90 Å². The highest BCUT2D eigenvalue weighted by atomic mass is 35.5. The zero-order valence-corrected chi connectivity index (χ0v) is 13.9. The van der Waals surface area contributed by atoms with Gasteiger partial charge in [0.05, 0.1) is 11.8 Å². The molecule has 2 amide bonds. The number of piperidine rings is 1. The van der Waals surface area contributed by atoms with E-state index in [1.807, 2.05) is 0 Å². The van der Waals surface area contributed by atoms with Gasteiger partial charge in [0, 0.05) is 36.8 Å². The first-order valence-electron chi connectivity index (χ1n) is 8.03. The molecule has 0 spiro atoms. The van der Waals surface area contributed by atoms with Crippen molar-refractivity contribution in [3.63, 3.8) is 0 Å². The van der Waals surface area contributed by atoms with E-state index in [1.165, 1.54) is 0 Å². The number of anilines is 1. The van der Waals surface area contributed by atoms with E-state index in [4.69, 9.17) is 16.7 Å². The molecule has 2 aliphatic rings. The van der Waals surface area contributed by atoms with Gasteiger partial charge >= 0.3 is 5.97 Å². The quantitative estimate of drug-likeness (QED) is 0.904. The number of aliphatic carboxylic acids is 1. The van der Waals surface area contributed by atoms with E-state index < -0.39 is 5.97 Å². The van der Waals surface area contributed by atoms with E-state index >= 15 is 0 Å². The number of nitrogens with zero attached hydrogens (tertiary/aromatic N) is 2. The lowest BCUT2D eigenvalue weighted by Gasteiger charge is -2.31. The van der Waals surface area contributed by atoms with Crippen molar-refractivity contribution in [3.8, 4) is 0 Å². The molecule has 0 aromatic heterocycles. The standard InChI is InChI=1S/C17H19ClN2O4/c18-13-1-3-14(4-2-13)20-10-12(9-15(20)21)16(22)19-7-5-11(6-8-19)17(23)24/h1-4,11-12H,5-10H2,(H,23,24)/t12-/m1/s1. The summed E-state index contributed by atoms with van der Waals surface area (Å²) in [6, 6.07) is 6.98. The monoisotopic (exact) mass is 350 g/mol. The number of amides is 2. The Bertz CT molecular complexity index is 653. The van der Waals surface area contributed by atoms with E-state index in [-0.39, 0.29) is 30.1 Å². The van der Waals surface area contributed by atoms with Crippen molar-refractivity contribution < 1.29 is 19.5 Å². The summed E-state index contributed by atoms with van der Waals surface area (Å²) in [7, 11) is 0. The van der Waals surface area contributed by atoms with Crippen molar-refractivity contribution in [3.05, 3.63) is 29.3 Å². The molecule has 24 heavy (non-hydrogen) atoms. The van der Waals surface area contributed by atoms with Gasteiger partial charge in [0.2, 0.25) is 11.8 Å². The van der Waals surface area contributed by atoms with Crippen LogP contribution in [0.5, 0.6) is 0 Å². The molecular weight excluding hydrogens is 332 g/mol. The van der Waals surface area contributed by atoms with Crippen LogP contribution in [0, 0.1) is 11.8 Å². The number of hydrogen-bond donors (Lipinski definition) is 1. The Morgan fingerprint density at radius 2 is 1.71 bits per heavy atom. The predicted molar refractivity (Wildman–Crippen MR) is 88.9 cm³/mol. The number of carboxylic acids is 1. The van der Waals surface area contributed by atoms with Gasteiger partial charge in [0.15, 0.2) is 0 Å². The summed E-state index contributed by atoms with van der Waals surface area (Å²) in [6.07, 6.45) is 1.14. The second kappa shape index (κ2) is 6.81. The zero-order valence-electron chi connectivity index (χ0n) is 13.2. The van der Waals surface area contributed by atoms with Crippen molar-refractivity contribution in [1.82, 2.24) is 4.90 Å². The zero-order chi connectivity index (χ0) is 17.3. The maximum absolute atomic E-state index is 12.6. The average Bonchev–Trinajstić information content (AvgIpc) is 2.97. The van der Waals surface area contributed by atoms with E-state index in [9.17, 15) is 14.4 Å². The first-order chi connectivity index (χ1) is 11.5. The fourth-order valence-electron chi connectivity index (χ4n) is 3.35. The highest BCUT2D eigenvalue weighted by molar-refractivity contribution is 6.30. The molecule has 0 radical (unpaired) electrons. The van der Waals surface area contributed by atoms with E-state index in [2.05, 4.69) is 0 Å². The molecule has 2 saturated heterocycles. The maximum atomic E-state index is 12.6. The van der Waals surface area contributed by atoms with Crippen LogP contribution in [0.4, 0.5) is 5.69 Å². The Morgan fingerprint density at radius 1 is 1.08 bits per heavy atom. The lowest BCUT2D eigenvalue weighted by atomic mass is 9.95. The van der Waals surface area contributed by atoms with Crippen LogP contribution in [0.3, 0.4) is 0 Å². The SMILES string of the molecule is O=C(O)C1CCN(C(=O)[C@@H]2CC(=O)N(c3ccc(Cl)cc3)C2)CC1. The number of carbonyl (C=O) groups is 3. The van der Waals surface area contributed by atoms with Gasteiger partial charge in [-0.1, -0.05) is 11.6 Å². The third kappa shape index (κ3) is 3.38. The smallest absolute Gasteiger partial charge is 0.306 e. The third-order valence-corrected chi connectivity index (χ3v) is 5.02. The summed E-state index contributed by atoms with van der Waals surface area (Å²) in [5.74, 6) is -1.66. The van der Waals surface area contributed by atoms with Crippen molar-refractivity contribution >= 4 is 35.1 Å². The Morgan fingerprint density at radius 3 is 2.29 bits per heavy atom. The lowest BCUT2D eigenvalue weighted by molar-refractivity contribution is -0.146. The van der Waals surface area contributed by atoms with Crippen molar-refractivity contribution in [2.75, 3.05) is 24.5 Å². The van der Waals surface area contributed by atoms with Gasteiger partial charge in [-0.3, -0.25) is 14.4 Å². The molecule has 1 atom stereocenters. The van der Waals surface area contributed by atoms with Gasteiger partial charge in [0.1, 0.15) is 0 Å². The van der Waals surface area contributed by atoms with Gasteiger partial charge < -0.3 is 14.9 Å². The van der Waals surface area contributed by atoms with Gasteiger partial charge in [0.25, 0.3) is 0 Å². The fourth-order valence-corrected chi connectivity index (χ4v) is 3.47. The topological polar surface area (TPSA) is 77.9 Å². The molecule has 3 rings (SSSR count). The molecule has 6 nitrogen and oxygen atoms in total. The second-order valence-electron chi connectivity index (χ2n) is 6.32. The van der Waals surface area contributed by atoms with E-state index in [0.29, 0.717) is 37.5 Å². The minimum atomic E-state index is -0.799. The fraction of sp³-hybridized carbons (Fsp3) is 0.471. The predicted octanol–water partition coefficient (Wildman–Crippen LogP) is 2.02. The van der Waals surface area contributed by atoms with Crippen LogP contribution >= 0.6 is 11.6 Å². The van der Waals surface area contributed by atoms with Crippen molar-refractivity contribution in [2.45, 2.75) is 19.3 Å². The molecule has 7 heteroatoms. The van der Waals surface area contributed by atoms with Gasteiger partial charge in [-0.25, -0.2) is 0 Å². The van der Waals surface area contributed by atoms with Crippen molar-refractivity contribution in [2.24, 2.45) is 11.8 Å². The van der Waals surface area contributed by atoms with E-state index in [1.54, 1.807) is 34.1 Å². The first kappa shape index (κ1) is 16.8. The Kier molecular flexibility index (Phi) is 4.76. The summed E-state index contributed by atoms with van der Waals surface area (Å²) in [5.41, 5.74) is 0.740. The minimum Gasteiger partial charge on any atom is -0.481 e.